The monoisotopic (exact) mass is 219 g/mol. The summed E-state index contributed by atoms with van der Waals surface area (Å²) >= 11 is 2.03. The number of aliphatic hydroxyl groups is 1. The van der Waals surface area contributed by atoms with E-state index in [-0.39, 0.29) is 6.61 Å². The minimum Gasteiger partial charge on any atom is -0.395 e. The summed E-state index contributed by atoms with van der Waals surface area (Å²) in [5.74, 6) is 3.30. The lowest BCUT2D eigenvalue weighted by atomic mass is 10.3. The second-order valence-corrected chi connectivity index (χ2v) is 5.48. The molecule has 86 valence electrons. The van der Waals surface area contributed by atoms with Crippen LogP contribution in [0.25, 0.3) is 0 Å². The van der Waals surface area contributed by atoms with E-state index in [0.29, 0.717) is 6.04 Å². The Kier molecular flexibility index (Phi) is 8.73. The molecule has 0 saturated heterocycles. The molecule has 0 aliphatic rings. The summed E-state index contributed by atoms with van der Waals surface area (Å²) in [4.78, 5) is 2.22. The quantitative estimate of drug-likeness (QED) is 0.632. The van der Waals surface area contributed by atoms with Crippen LogP contribution in [-0.4, -0.2) is 47.8 Å². The summed E-state index contributed by atoms with van der Waals surface area (Å²) in [7, 11) is 2.08. The second-order valence-electron chi connectivity index (χ2n) is 4.33. The maximum atomic E-state index is 8.93. The number of nitrogens with zero attached hydrogens (tertiary/aromatic N) is 1. The van der Waals surface area contributed by atoms with Gasteiger partial charge in [0.25, 0.3) is 0 Å². The van der Waals surface area contributed by atoms with Gasteiger partial charge in [-0.3, -0.25) is 0 Å². The lowest BCUT2D eigenvalue weighted by molar-refractivity contribution is 0.159. The maximum absolute atomic E-state index is 8.93. The van der Waals surface area contributed by atoms with Crippen LogP contribution in [0.2, 0.25) is 0 Å². The highest BCUT2D eigenvalue weighted by Gasteiger charge is 2.06. The van der Waals surface area contributed by atoms with Gasteiger partial charge < -0.3 is 10.0 Å². The molecule has 0 spiro atoms. The molecular weight excluding hydrogens is 194 g/mol. The highest BCUT2D eigenvalue weighted by molar-refractivity contribution is 7.99. The zero-order chi connectivity index (χ0) is 11.0. The molecule has 0 aliphatic carbocycles. The molecule has 0 rings (SSSR count). The molecular formula is C11H25NOS. The minimum atomic E-state index is 0.260. The Morgan fingerprint density at radius 1 is 1.29 bits per heavy atom. The van der Waals surface area contributed by atoms with Gasteiger partial charge in [0.2, 0.25) is 0 Å². The first-order valence-corrected chi connectivity index (χ1v) is 6.62. The van der Waals surface area contributed by atoms with Crippen molar-refractivity contribution in [2.24, 2.45) is 5.92 Å². The third-order valence-corrected chi connectivity index (χ3v) is 3.75. The number of aliphatic hydroxyl groups excluding tert-OH is 1. The summed E-state index contributed by atoms with van der Waals surface area (Å²) in [6.07, 6.45) is 1.22. The van der Waals surface area contributed by atoms with Crippen molar-refractivity contribution in [3.63, 3.8) is 0 Å². The minimum absolute atomic E-state index is 0.260. The second kappa shape index (κ2) is 8.57. The highest BCUT2D eigenvalue weighted by atomic mass is 32.2. The van der Waals surface area contributed by atoms with Gasteiger partial charge in [-0.25, -0.2) is 0 Å². The van der Waals surface area contributed by atoms with E-state index in [4.69, 9.17) is 5.11 Å². The molecule has 0 bridgehead atoms. The maximum Gasteiger partial charge on any atom is 0.0584 e. The first kappa shape index (κ1) is 14.3. The standard InChI is InChI=1S/C11H25NOS/c1-10(2)9-14-7-5-6-12(4)11(3)8-13/h10-11,13H,5-9H2,1-4H3. The van der Waals surface area contributed by atoms with Crippen LogP contribution in [0, 0.1) is 5.92 Å². The lowest BCUT2D eigenvalue weighted by Crippen LogP contribution is -2.32. The van der Waals surface area contributed by atoms with E-state index in [0.717, 1.165) is 12.5 Å². The average molecular weight is 219 g/mol. The Morgan fingerprint density at radius 2 is 1.93 bits per heavy atom. The van der Waals surface area contributed by atoms with E-state index in [1.165, 1.54) is 17.9 Å². The van der Waals surface area contributed by atoms with Crippen LogP contribution >= 0.6 is 11.8 Å². The van der Waals surface area contributed by atoms with Gasteiger partial charge >= 0.3 is 0 Å². The number of hydrogen-bond acceptors (Lipinski definition) is 3. The predicted octanol–water partition coefficient (Wildman–Crippen LogP) is 2.08. The van der Waals surface area contributed by atoms with Gasteiger partial charge in [0, 0.05) is 6.04 Å². The first-order valence-electron chi connectivity index (χ1n) is 5.46. The fourth-order valence-corrected chi connectivity index (χ4v) is 2.07. The van der Waals surface area contributed by atoms with Crippen LogP contribution in [0.5, 0.6) is 0 Å². The highest BCUT2D eigenvalue weighted by Crippen LogP contribution is 2.09. The van der Waals surface area contributed by atoms with Gasteiger partial charge in [-0.05, 0) is 44.4 Å². The van der Waals surface area contributed by atoms with Crippen molar-refractivity contribution < 1.29 is 5.11 Å². The van der Waals surface area contributed by atoms with Gasteiger partial charge in [-0.2, -0.15) is 11.8 Å². The zero-order valence-corrected chi connectivity index (χ0v) is 10.8. The van der Waals surface area contributed by atoms with Crippen molar-refractivity contribution in [3.8, 4) is 0 Å². The smallest absolute Gasteiger partial charge is 0.0584 e. The number of rotatable bonds is 8. The molecule has 0 aromatic heterocycles. The third kappa shape index (κ3) is 7.65. The van der Waals surface area contributed by atoms with Crippen LogP contribution < -0.4 is 0 Å². The average Bonchev–Trinajstić information content (AvgIpc) is 2.15. The van der Waals surface area contributed by atoms with Gasteiger partial charge in [0.1, 0.15) is 0 Å². The largest absolute Gasteiger partial charge is 0.395 e. The Labute approximate surface area is 93.1 Å². The van der Waals surface area contributed by atoms with Crippen LogP contribution in [-0.2, 0) is 0 Å². The normalized spacial score (nSPS) is 13.9. The predicted molar refractivity (Wildman–Crippen MR) is 66.0 cm³/mol. The van der Waals surface area contributed by atoms with Crippen molar-refractivity contribution >= 4 is 11.8 Å². The number of thioether (sulfide) groups is 1. The molecule has 2 nitrogen and oxygen atoms in total. The van der Waals surface area contributed by atoms with Gasteiger partial charge in [-0.1, -0.05) is 13.8 Å². The molecule has 0 radical (unpaired) electrons. The molecule has 14 heavy (non-hydrogen) atoms. The van der Waals surface area contributed by atoms with E-state index in [1.807, 2.05) is 11.8 Å². The number of likely N-dealkylation sites (N-methyl/N-ethyl adjacent to an activating group) is 1. The Balaban J connectivity index is 3.27. The fourth-order valence-electron chi connectivity index (χ4n) is 1.09. The molecule has 0 amide bonds. The molecule has 0 aromatic carbocycles. The van der Waals surface area contributed by atoms with E-state index in [2.05, 4.69) is 32.7 Å². The van der Waals surface area contributed by atoms with Crippen molar-refractivity contribution in [1.82, 2.24) is 4.90 Å². The van der Waals surface area contributed by atoms with E-state index in [9.17, 15) is 0 Å². The van der Waals surface area contributed by atoms with Crippen LogP contribution in [0.15, 0.2) is 0 Å². The Bertz CT molecular complexity index is 130. The van der Waals surface area contributed by atoms with Crippen LogP contribution in [0.1, 0.15) is 27.2 Å². The molecule has 3 heteroatoms. The van der Waals surface area contributed by atoms with E-state index in [1.54, 1.807) is 0 Å². The van der Waals surface area contributed by atoms with Gasteiger partial charge in [0.15, 0.2) is 0 Å². The summed E-state index contributed by atoms with van der Waals surface area (Å²) in [6, 6.07) is 0.296. The van der Waals surface area contributed by atoms with Crippen molar-refractivity contribution in [3.05, 3.63) is 0 Å². The third-order valence-electron chi connectivity index (χ3n) is 2.27. The van der Waals surface area contributed by atoms with Gasteiger partial charge in [0.05, 0.1) is 6.61 Å². The summed E-state index contributed by atoms with van der Waals surface area (Å²) < 4.78 is 0. The zero-order valence-electron chi connectivity index (χ0n) is 9.99. The summed E-state index contributed by atoms with van der Waals surface area (Å²) in [5, 5.41) is 8.93. The molecule has 0 aliphatic heterocycles. The van der Waals surface area contributed by atoms with Crippen molar-refractivity contribution in [2.45, 2.75) is 33.2 Å². The Hall–Kier alpha value is 0.270. The van der Waals surface area contributed by atoms with Crippen molar-refractivity contribution in [1.29, 1.82) is 0 Å². The molecule has 0 heterocycles. The molecule has 0 saturated carbocycles. The summed E-state index contributed by atoms with van der Waals surface area (Å²) in [5.41, 5.74) is 0. The van der Waals surface area contributed by atoms with E-state index >= 15 is 0 Å². The lowest BCUT2D eigenvalue weighted by Gasteiger charge is -2.22. The summed E-state index contributed by atoms with van der Waals surface area (Å²) in [6.45, 7) is 7.92. The molecule has 1 N–H and O–H groups in total. The fraction of sp³-hybridized carbons (Fsp3) is 1.00. The van der Waals surface area contributed by atoms with Crippen LogP contribution in [0.4, 0.5) is 0 Å². The topological polar surface area (TPSA) is 23.5 Å². The molecule has 0 aromatic rings. The Morgan fingerprint density at radius 3 is 2.43 bits per heavy atom. The molecule has 0 fully saturated rings. The van der Waals surface area contributed by atoms with Gasteiger partial charge in [-0.15, -0.1) is 0 Å². The number of hydrogen-bond donors (Lipinski definition) is 1. The molecule has 1 atom stereocenters. The first-order chi connectivity index (χ1) is 6.57. The van der Waals surface area contributed by atoms with Crippen molar-refractivity contribution in [2.75, 3.05) is 31.7 Å². The SMILES string of the molecule is CC(C)CSCCCN(C)C(C)CO. The van der Waals surface area contributed by atoms with Crippen LogP contribution in [0.3, 0.4) is 0 Å². The van der Waals surface area contributed by atoms with E-state index < -0.39 is 0 Å². The molecule has 1 unspecified atom stereocenters.